The first-order chi connectivity index (χ1) is 7.75. The predicted octanol–water partition coefficient (Wildman–Crippen LogP) is 1.36. The van der Waals surface area contributed by atoms with Crippen molar-refractivity contribution in [1.82, 2.24) is 0 Å². The molecule has 0 spiro atoms. The summed E-state index contributed by atoms with van der Waals surface area (Å²) in [6.45, 7) is 0. The molecule has 8 heteroatoms. The molecule has 94 valence electrons. The van der Waals surface area contributed by atoms with Crippen molar-refractivity contribution in [2.75, 3.05) is 7.11 Å². The van der Waals surface area contributed by atoms with E-state index in [-0.39, 0.29) is 26.9 Å². The lowest BCUT2D eigenvalue weighted by molar-refractivity contribution is -0.139. The Balaban J connectivity index is 3.29. The molecule has 0 aliphatic rings. The molecule has 0 aromatic heterocycles. The number of carbonyl (C=O) groups excluding carboxylic acids is 1. The van der Waals surface area contributed by atoms with Crippen molar-refractivity contribution in [1.29, 1.82) is 0 Å². The highest BCUT2D eigenvalue weighted by Gasteiger charge is 2.17. The molecule has 17 heavy (non-hydrogen) atoms. The fraction of sp³-hybridized carbons (Fsp3) is 0.222. The molecular formula is C9H9Cl2NO4S. The SMILES string of the molecule is COC(=O)Cc1cc(S(N)(=O)=O)c(Cl)cc1Cl. The van der Waals surface area contributed by atoms with Crippen LogP contribution in [0.4, 0.5) is 0 Å². The van der Waals surface area contributed by atoms with Crippen LogP contribution in [0.2, 0.25) is 10.0 Å². The van der Waals surface area contributed by atoms with E-state index in [4.69, 9.17) is 28.3 Å². The molecule has 0 bridgehead atoms. The van der Waals surface area contributed by atoms with Gasteiger partial charge >= 0.3 is 5.97 Å². The van der Waals surface area contributed by atoms with Crippen molar-refractivity contribution in [3.05, 3.63) is 27.7 Å². The summed E-state index contributed by atoms with van der Waals surface area (Å²) in [7, 11) is -2.74. The quantitative estimate of drug-likeness (QED) is 0.853. The van der Waals surface area contributed by atoms with E-state index in [2.05, 4.69) is 4.74 Å². The zero-order chi connectivity index (χ0) is 13.2. The zero-order valence-corrected chi connectivity index (χ0v) is 11.1. The van der Waals surface area contributed by atoms with Gasteiger partial charge in [0.2, 0.25) is 10.0 Å². The van der Waals surface area contributed by atoms with Gasteiger partial charge in [0.05, 0.1) is 18.6 Å². The second kappa shape index (κ2) is 5.22. The highest BCUT2D eigenvalue weighted by Crippen LogP contribution is 2.28. The maximum Gasteiger partial charge on any atom is 0.310 e. The van der Waals surface area contributed by atoms with Crippen molar-refractivity contribution in [2.45, 2.75) is 11.3 Å². The molecule has 1 aromatic carbocycles. The van der Waals surface area contributed by atoms with Gasteiger partial charge in [0.25, 0.3) is 0 Å². The van der Waals surface area contributed by atoms with Crippen LogP contribution >= 0.6 is 23.2 Å². The molecule has 0 radical (unpaired) electrons. The Labute approximate surface area is 109 Å². The molecule has 0 heterocycles. The Morgan fingerprint density at radius 2 is 1.94 bits per heavy atom. The van der Waals surface area contributed by atoms with Crippen molar-refractivity contribution in [3.8, 4) is 0 Å². The monoisotopic (exact) mass is 297 g/mol. The highest BCUT2D eigenvalue weighted by atomic mass is 35.5. The van der Waals surface area contributed by atoms with Crippen LogP contribution in [0.3, 0.4) is 0 Å². The zero-order valence-electron chi connectivity index (χ0n) is 8.74. The summed E-state index contributed by atoms with van der Waals surface area (Å²) in [5.41, 5.74) is 0.284. The number of hydrogen-bond acceptors (Lipinski definition) is 4. The lowest BCUT2D eigenvalue weighted by Gasteiger charge is -2.07. The number of nitrogens with two attached hydrogens (primary N) is 1. The third kappa shape index (κ3) is 3.57. The molecule has 0 saturated heterocycles. The van der Waals surface area contributed by atoms with E-state index in [9.17, 15) is 13.2 Å². The van der Waals surface area contributed by atoms with Gasteiger partial charge in [-0.1, -0.05) is 23.2 Å². The minimum Gasteiger partial charge on any atom is -0.469 e. The van der Waals surface area contributed by atoms with Gasteiger partial charge in [0.15, 0.2) is 0 Å². The number of hydrogen-bond donors (Lipinski definition) is 1. The summed E-state index contributed by atoms with van der Waals surface area (Å²) in [5, 5.41) is 5.05. The number of carbonyl (C=O) groups is 1. The second-order valence-corrected chi connectivity index (χ2v) is 5.52. The van der Waals surface area contributed by atoms with Crippen LogP contribution in [0, 0.1) is 0 Å². The van der Waals surface area contributed by atoms with Crippen LogP contribution < -0.4 is 5.14 Å². The molecule has 0 amide bonds. The van der Waals surface area contributed by atoms with Crippen molar-refractivity contribution < 1.29 is 17.9 Å². The standard InChI is InChI=1S/C9H9Cl2NO4S/c1-16-9(13)3-5-2-8(17(12,14)15)7(11)4-6(5)10/h2,4H,3H2,1H3,(H2,12,14,15). The Morgan fingerprint density at radius 1 is 1.35 bits per heavy atom. The van der Waals surface area contributed by atoms with Crippen LogP contribution in [-0.2, 0) is 26.0 Å². The van der Waals surface area contributed by atoms with Gasteiger partial charge in [-0.05, 0) is 17.7 Å². The van der Waals surface area contributed by atoms with E-state index in [0.717, 1.165) is 6.07 Å². The molecule has 1 aromatic rings. The molecule has 5 nitrogen and oxygen atoms in total. The van der Waals surface area contributed by atoms with Crippen LogP contribution in [0.1, 0.15) is 5.56 Å². The predicted molar refractivity (Wildman–Crippen MR) is 63.6 cm³/mol. The van der Waals surface area contributed by atoms with E-state index in [1.807, 2.05) is 0 Å². The van der Waals surface area contributed by atoms with Gasteiger partial charge in [-0.15, -0.1) is 0 Å². The molecule has 0 fully saturated rings. The molecule has 0 unspecified atom stereocenters. The van der Waals surface area contributed by atoms with Gasteiger partial charge in [-0.25, -0.2) is 13.6 Å². The molecule has 2 N–H and O–H groups in total. The smallest absolute Gasteiger partial charge is 0.310 e. The number of ether oxygens (including phenoxy) is 1. The van der Waals surface area contributed by atoms with Gasteiger partial charge < -0.3 is 4.74 Å². The van der Waals surface area contributed by atoms with E-state index in [0.29, 0.717) is 0 Å². The fourth-order valence-corrected chi connectivity index (χ4v) is 2.56. The summed E-state index contributed by atoms with van der Waals surface area (Å²) < 4.78 is 26.9. The maximum atomic E-state index is 11.2. The number of esters is 1. The van der Waals surface area contributed by atoms with Crippen molar-refractivity contribution in [2.24, 2.45) is 5.14 Å². The largest absolute Gasteiger partial charge is 0.469 e. The third-order valence-corrected chi connectivity index (χ3v) is 3.70. The molecule has 0 atom stereocenters. The third-order valence-electron chi connectivity index (χ3n) is 1.97. The van der Waals surface area contributed by atoms with Crippen molar-refractivity contribution >= 4 is 39.2 Å². The van der Waals surface area contributed by atoms with Gasteiger partial charge in [-0.3, -0.25) is 4.79 Å². The Morgan fingerprint density at radius 3 is 2.41 bits per heavy atom. The Hall–Kier alpha value is -0.820. The average molecular weight is 298 g/mol. The number of rotatable bonds is 3. The molecule has 0 aliphatic carbocycles. The lowest BCUT2D eigenvalue weighted by atomic mass is 10.1. The normalized spacial score (nSPS) is 11.3. The molecule has 0 aliphatic heterocycles. The summed E-state index contributed by atoms with van der Waals surface area (Å²) in [5.74, 6) is -0.547. The lowest BCUT2D eigenvalue weighted by Crippen LogP contribution is -2.14. The molecule has 1 rings (SSSR count). The number of benzene rings is 1. The molecular weight excluding hydrogens is 289 g/mol. The number of methoxy groups -OCH3 is 1. The summed E-state index contributed by atoms with van der Waals surface area (Å²) >= 11 is 11.5. The summed E-state index contributed by atoms with van der Waals surface area (Å²) in [6.07, 6.45) is -0.158. The summed E-state index contributed by atoms with van der Waals surface area (Å²) in [6, 6.07) is 2.39. The number of halogens is 2. The van der Waals surface area contributed by atoms with Gasteiger partial charge in [0, 0.05) is 5.02 Å². The first-order valence-electron chi connectivity index (χ1n) is 4.33. The minimum atomic E-state index is -3.96. The number of primary sulfonamides is 1. The second-order valence-electron chi connectivity index (χ2n) is 3.17. The van der Waals surface area contributed by atoms with E-state index >= 15 is 0 Å². The number of sulfonamides is 1. The van der Waals surface area contributed by atoms with E-state index < -0.39 is 16.0 Å². The van der Waals surface area contributed by atoms with Gasteiger partial charge in [-0.2, -0.15) is 0 Å². The van der Waals surface area contributed by atoms with Gasteiger partial charge in [0.1, 0.15) is 4.90 Å². The first kappa shape index (κ1) is 14.2. The van der Waals surface area contributed by atoms with Crippen LogP contribution in [0.15, 0.2) is 17.0 Å². The first-order valence-corrected chi connectivity index (χ1v) is 6.63. The van der Waals surface area contributed by atoms with Crippen LogP contribution in [0.25, 0.3) is 0 Å². The van der Waals surface area contributed by atoms with Crippen LogP contribution in [0.5, 0.6) is 0 Å². The van der Waals surface area contributed by atoms with Crippen LogP contribution in [-0.4, -0.2) is 21.5 Å². The maximum absolute atomic E-state index is 11.2. The average Bonchev–Trinajstić information content (AvgIpc) is 2.19. The topological polar surface area (TPSA) is 86.5 Å². The van der Waals surface area contributed by atoms with E-state index in [1.54, 1.807) is 0 Å². The van der Waals surface area contributed by atoms with E-state index in [1.165, 1.54) is 13.2 Å². The molecule has 0 saturated carbocycles. The highest BCUT2D eigenvalue weighted by molar-refractivity contribution is 7.89. The summed E-state index contributed by atoms with van der Waals surface area (Å²) in [4.78, 5) is 10.8. The van der Waals surface area contributed by atoms with Crippen molar-refractivity contribution in [3.63, 3.8) is 0 Å². The minimum absolute atomic E-state index is 0.0916. The Kier molecular flexibility index (Phi) is 4.37. The fourth-order valence-electron chi connectivity index (χ4n) is 1.15. The Bertz CT molecular complexity index is 556.